The summed E-state index contributed by atoms with van der Waals surface area (Å²) in [6.07, 6.45) is 0.141. The third-order valence-corrected chi connectivity index (χ3v) is 3.22. The molecule has 0 bridgehead atoms. The fraction of sp³-hybridized carbons (Fsp3) is 0.111. The van der Waals surface area contributed by atoms with E-state index in [0.717, 1.165) is 6.07 Å². The SMILES string of the molecule is N#Cc1cc(C=O)c(S(=O)(=O)Cl)cc1OC(F)F. The molecule has 0 atom stereocenters. The van der Waals surface area contributed by atoms with Crippen molar-refractivity contribution in [1.29, 1.82) is 5.26 Å². The molecule has 0 saturated carbocycles. The average molecular weight is 296 g/mol. The minimum absolute atomic E-state index is 0.141. The Kier molecular flexibility index (Phi) is 4.21. The van der Waals surface area contributed by atoms with Crippen LogP contribution in [0.3, 0.4) is 0 Å². The summed E-state index contributed by atoms with van der Waals surface area (Å²) in [5.74, 6) is -0.669. The molecule has 0 radical (unpaired) electrons. The van der Waals surface area contributed by atoms with Crippen molar-refractivity contribution in [2.75, 3.05) is 0 Å². The van der Waals surface area contributed by atoms with Gasteiger partial charge in [-0.15, -0.1) is 0 Å². The van der Waals surface area contributed by atoms with Crippen LogP contribution in [0, 0.1) is 11.3 Å². The number of hydrogen-bond acceptors (Lipinski definition) is 5. The van der Waals surface area contributed by atoms with Crippen molar-refractivity contribution in [1.82, 2.24) is 0 Å². The van der Waals surface area contributed by atoms with E-state index in [9.17, 15) is 22.0 Å². The van der Waals surface area contributed by atoms with Gasteiger partial charge < -0.3 is 4.74 Å². The summed E-state index contributed by atoms with van der Waals surface area (Å²) in [5, 5.41) is 8.67. The molecule has 0 heterocycles. The highest BCUT2D eigenvalue weighted by Crippen LogP contribution is 2.29. The van der Waals surface area contributed by atoms with Gasteiger partial charge in [0.1, 0.15) is 11.8 Å². The van der Waals surface area contributed by atoms with Crippen molar-refractivity contribution in [2.45, 2.75) is 11.5 Å². The molecule has 1 rings (SSSR count). The summed E-state index contributed by atoms with van der Waals surface area (Å²) in [6, 6.07) is 2.91. The first-order chi connectivity index (χ1) is 8.29. The third-order valence-electron chi connectivity index (χ3n) is 1.84. The Hall–Kier alpha value is -1.72. The van der Waals surface area contributed by atoms with E-state index in [1.54, 1.807) is 0 Å². The topological polar surface area (TPSA) is 84.2 Å². The van der Waals surface area contributed by atoms with Crippen molar-refractivity contribution >= 4 is 26.0 Å². The summed E-state index contributed by atoms with van der Waals surface area (Å²) in [7, 11) is 0.712. The Morgan fingerprint density at radius 2 is 2.06 bits per heavy atom. The number of ether oxygens (including phenoxy) is 1. The maximum atomic E-state index is 12.1. The summed E-state index contributed by atoms with van der Waals surface area (Å²) in [4.78, 5) is 9.95. The molecule has 0 fully saturated rings. The van der Waals surface area contributed by atoms with Crippen molar-refractivity contribution in [2.24, 2.45) is 0 Å². The van der Waals surface area contributed by atoms with Crippen LogP contribution in [0.25, 0.3) is 0 Å². The van der Waals surface area contributed by atoms with Crippen molar-refractivity contribution in [3.05, 3.63) is 23.3 Å². The second-order valence-electron chi connectivity index (χ2n) is 2.93. The fourth-order valence-electron chi connectivity index (χ4n) is 1.16. The number of halogens is 3. The van der Waals surface area contributed by atoms with E-state index in [4.69, 9.17) is 15.9 Å². The Morgan fingerprint density at radius 1 is 1.44 bits per heavy atom. The number of nitriles is 1. The predicted molar refractivity (Wildman–Crippen MR) is 56.2 cm³/mol. The number of carbonyl (C=O) groups excluding carboxylic acids is 1. The number of benzene rings is 1. The lowest BCUT2D eigenvalue weighted by molar-refractivity contribution is -0.0501. The molecule has 0 N–H and O–H groups in total. The maximum Gasteiger partial charge on any atom is 0.387 e. The van der Waals surface area contributed by atoms with Crippen LogP contribution in [-0.2, 0) is 9.05 Å². The minimum atomic E-state index is -4.32. The second-order valence-corrected chi connectivity index (χ2v) is 5.47. The number of aldehydes is 1. The molecular formula is C9H4ClF2NO4S. The van der Waals surface area contributed by atoms with Crippen LogP contribution < -0.4 is 4.74 Å². The van der Waals surface area contributed by atoms with Gasteiger partial charge in [-0.3, -0.25) is 4.79 Å². The molecule has 0 aromatic heterocycles. The lowest BCUT2D eigenvalue weighted by Crippen LogP contribution is -2.06. The molecule has 0 aliphatic rings. The van der Waals surface area contributed by atoms with Crippen LogP contribution in [0.2, 0.25) is 0 Å². The monoisotopic (exact) mass is 295 g/mol. The van der Waals surface area contributed by atoms with Crippen molar-refractivity contribution in [3.8, 4) is 11.8 Å². The Bertz CT molecular complexity index is 624. The molecular weight excluding hydrogens is 292 g/mol. The lowest BCUT2D eigenvalue weighted by Gasteiger charge is -2.09. The molecule has 0 saturated heterocycles. The average Bonchev–Trinajstić information content (AvgIpc) is 2.26. The highest BCUT2D eigenvalue weighted by atomic mass is 35.7. The summed E-state index contributed by atoms with van der Waals surface area (Å²) in [5.41, 5.74) is -0.815. The first-order valence-electron chi connectivity index (χ1n) is 4.22. The third kappa shape index (κ3) is 3.15. The van der Waals surface area contributed by atoms with Gasteiger partial charge in [-0.2, -0.15) is 14.0 Å². The molecule has 1 aromatic rings. The Morgan fingerprint density at radius 3 is 2.44 bits per heavy atom. The van der Waals surface area contributed by atoms with Gasteiger partial charge in [-0.25, -0.2) is 8.42 Å². The standard InChI is InChI=1S/C9H4ClF2NO4S/c10-18(15,16)8-2-7(17-9(11)12)5(3-13)1-6(8)4-14/h1-2,4,9H. The van der Waals surface area contributed by atoms with Gasteiger partial charge in [0.05, 0.1) is 10.5 Å². The number of rotatable bonds is 4. The molecule has 0 unspecified atom stereocenters. The molecule has 96 valence electrons. The summed E-state index contributed by atoms with van der Waals surface area (Å²) < 4.78 is 50.4. The molecule has 0 spiro atoms. The quantitative estimate of drug-likeness (QED) is 0.625. The number of nitrogens with zero attached hydrogens (tertiary/aromatic N) is 1. The summed E-state index contributed by atoms with van der Waals surface area (Å²) in [6.45, 7) is -3.25. The van der Waals surface area contributed by atoms with Crippen LogP contribution in [0.4, 0.5) is 8.78 Å². The largest absolute Gasteiger partial charge is 0.433 e. The highest BCUT2D eigenvalue weighted by Gasteiger charge is 2.21. The zero-order valence-corrected chi connectivity index (χ0v) is 10.0. The van der Waals surface area contributed by atoms with Gasteiger partial charge in [0, 0.05) is 22.3 Å². The highest BCUT2D eigenvalue weighted by molar-refractivity contribution is 8.13. The van der Waals surface area contributed by atoms with E-state index in [2.05, 4.69) is 4.74 Å². The Balaban J connectivity index is 3.55. The predicted octanol–water partition coefficient (Wildman–Crippen LogP) is 1.90. The lowest BCUT2D eigenvalue weighted by atomic mass is 10.1. The van der Waals surface area contributed by atoms with E-state index >= 15 is 0 Å². The van der Waals surface area contributed by atoms with Gasteiger partial charge in [-0.05, 0) is 6.07 Å². The van der Waals surface area contributed by atoms with Crippen LogP contribution in [-0.4, -0.2) is 21.3 Å². The number of alkyl halides is 2. The molecule has 5 nitrogen and oxygen atoms in total. The smallest absolute Gasteiger partial charge is 0.387 e. The Labute approximate surface area is 105 Å². The number of carbonyl (C=O) groups is 1. The van der Waals surface area contributed by atoms with Gasteiger partial charge in [-0.1, -0.05) is 0 Å². The molecule has 18 heavy (non-hydrogen) atoms. The van der Waals surface area contributed by atoms with Crippen molar-refractivity contribution in [3.63, 3.8) is 0 Å². The van der Waals surface area contributed by atoms with E-state index in [-0.39, 0.29) is 6.29 Å². The zero-order valence-electron chi connectivity index (χ0n) is 8.43. The van der Waals surface area contributed by atoms with E-state index < -0.39 is 37.4 Å². The number of hydrogen-bond donors (Lipinski definition) is 0. The van der Waals surface area contributed by atoms with Crippen LogP contribution >= 0.6 is 10.7 Å². The van der Waals surface area contributed by atoms with E-state index in [1.165, 1.54) is 6.07 Å². The van der Waals surface area contributed by atoms with Gasteiger partial charge in [0.15, 0.2) is 6.29 Å². The first-order valence-corrected chi connectivity index (χ1v) is 6.53. The second kappa shape index (κ2) is 5.29. The molecule has 9 heteroatoms. The normalized spacial score (nSPS) is 11.1. The summed E-state index contributed by atoms with van der Waals surface area (Å²) >= 11 is 0. The first kappa shape index (κ1) is 14.3. The molecule has 0 aliphatic heterocycles. The molecule has 1 aromatic carbocycles. The molecule has 0 aliphatic carbocycles. The molecule has 0 amide bonds. The van der Waals surface area contributed by atoms with Crippen LogP contribution in [0.15, 0.2) is 17.0 Å². The maximum absolute atomic E-state index is 12.1. The van der Waals surface area contributed by atoms with Gasteiger partial charge in [0.2, 0.25) is 0 Å². The van der Waals surface area contributed by atoms with Crippen molar-refractivity contribution < 1.29 is 26.7 Å². The van der Waals surface area contributed by atoms with Gasteiger partial charge in [0.25, 0.3) is 9.05 Å². The minimum Gasteiger partial charge on any atom is -0.433 e. The van der Waals surface area contributed by atoms with Crippen LogP contribution in [0.5, 0.6) is 5.75 Å². The van der Waals surface area contributed by atoms with Crippen LogP contribution in [0.1, 0.15) is 15.9 Å². The fourth-order valence-corrected chi connectivity index (χ4v) is 2.20. The van der Waals surface area contributed by atoms with E-state index in [0.29, 0.717) is 6.07 Å². The zero-order chi connectivity index (χ0) is 13.9. The van der Waals surface area contributed by atoms with E-state index in [1.807, 2.05) is 0 Å². The van der Waals surface area contributed by atoms with Gasteiger partial charge >= 0.3 is 6.61 Å².